The highest BCUT2D eigenvalue weighted by molar-refractivity contribution is 7.89. The molecule has 0 spiro atoms. The molecule has 3 rings (SSSR count). The Labute approximate surface area is 142 Å². The van der Waals surface area contributed by atoms with Crippen molar-refractivity contribution in [1.29, 1.82) is 0 Å². The van der Waals surface area contributed by atoms with Crippen LogP contribution in [0.4, 0.5) is 11.4 Å². The van der Waals surface area contributed by atoms with E-state index < -0.39 is 42.2 Å². The minimum absolute atomic E-state index is 0.490. The topological polar surface area (TPSA) is 132 Å². The van der Waals surface area contributed by atoms with E-state index in [1.165, 1.54) is 0 Å². The van der Waals surface area contributed by atoms with Crippen LogP contribution in [0.2, 0.25) is 0 Å². The van der Waals surface area contributed by atoms with E-state index in [-0.39, 0.29) is 0 Å². The maximum Gasteiger partial charge on any atom is 0.296 e. The molecule has 1 atom stereocenters. The van der Waals surface area contributed by atoms with E-state index in [4.69, 9.17) is 0 Å². The molecule has 0 fully saturated rings. The lowest BCUT2D eigenvalue weighted by Crippen LogP contribution is -2.28. The molecule has 1 aliphatic carbocycles. The zero-order valence-electron chi connectivity index (χ0n) is 12.8. The number of aryl methyl sites for hydroxylation is 1. The summed E-state index contributed by atoms with van der Waals surface area (Å²) in [5.41, 5.74) is 0.480. The van der Waals surface area contributed by atoms with Gasteiger partial charge in [-0.3, -0.25) is 20.2 Å². The van der Waals surface area contributed by atoms with Crippen LogP contribution >= 0.6 is 0 Å². The van der Waals surface area contributed by atoms with Crippen LogP contribution in [0.3, 0.4) is 0 Å². The summed E-state index contributed by atoms with van der Waals surface area (Å²) in [7, 11) is -4.22. The molecule has 1 aliphatic rings. The summed E-state index contributed by atoms with van der Waals surface area (Å²) >= 11 is 0. The van der Waals surface area contributed by atoms with Crippen LogP contribution < -0.4 is 4.72 Å². The molecule has 0 aromatic heterocycles. The largest absolute Gasteiger partial charge is 0.296 e. The fourth-order valence-electron chi connectivity index (χ4n) is 2.92. The number of nitro groups is 2. The molecule has 0 radical (unpaired) electrons. The molecule has 2 aromatic rings. The van der Waals surface area contributed by atoms with Gasteiger partial charge >= 0.3 is 0 Å². The highest BCUT2D eigenvalue weighted by atomic mass is 32.2. The van der Waals surface area contributed by atoms with Crippen molar-refractivity contribution in [2.75, 3.05) is 0 Å². The van der Waals surface area contributed by atoms with E-state index in [1.54, 1.807) is 12.1 Å². The third-order valence-electron chi connectivity index (χ3n) is 4.07. The first-order valence-corrected chi connectivity index (χ1v) is 8.81. The van der Waals surface area contributed by atoms with Gasteiger partial charge in [-0.15, -0.1) is 0 Å². The van der Waals surface area contributed by atoms with E-state index in [9.17, 15) is 28.6 Å². The maximum absolute atomic E-state index is 12.6. The van der Waals surface area contributed by atoms with Gasteiger partial charge in [0.2, 0.25) is 10.0 Å². The average molecular weight is 363 g/mol. The van der Waals surface area contributed by atoms with Gasteiger partial charge in [0.25, 0.3) is 11.4 Å². The molecule has 1 N–H and O–H groups in total. The molecule has 0 saturated carbocycles. The summed E-state index contributed by atoms with van der Waals surface area (Å²) in [5.74, 6) is 0. The Bertz CT molecular complexity index is 973. The first-order chi connectivity index (χ1) is 11.8. The second-order valence-corrected chi connectivity index (χ2v) is 7.26. The van der Waals surface area contributed by atoms with E-state index in [0.717, 1.165) is 23.3 Å². The number of nitrogens with zero attached hydrogens (tertiary/aromatic N) is 2. The lowest BCUT2D eigenvalue weighted by molar-refractivity contribution is -0.396. The molecular weight excluding hydrogens is 350 g/mol. The monoisotopic (exact) mass is 363 g/mol. The average Bonchev–Trinajstić information content (AvgIpc) is 2.96. The van der Waals surface area contributed by atoms with Crippen LogP contribution in [0.25, 0.3) is 0 Å². The number of hydrogen-bond acceptors (Lipinski definition) is 6. The van der Waals surface area contributed by atoms with Gasteiger partial charge in [0.05, 0.1) is 15.9 Å². The molecule has 0 aliphatic heterocycles. The summed E-state index contributed by atoms with van der Waals surface area (Å²) < 4.78 is 27.7. The van der Waals surface area contributed by atoms with Crippen molar-refractivity contribution in [3.8, 4) is 0 Å². The predicted octanol–water partition coefficient (Wildman–Crippen LogP) is 2.47. The van der Waals surface area contributed by atoms with E-state index in [1.807, 2.05) is 12.1 Å². The molecule has 0 saturated heterocycles. The van der Waals surface area contributed by atoms with Gasteiger partial charge in [-0.25, -0.2) is 13.1 Å². The normalized spacial score (nSPS) is 16.4. The first-order valence-electron chi connectivity index (χ1n) is 7.32. The van der Waals surface area contributed by atoms with Gasteiger partial charge < -0.3 is 0 Å². The highest BCUT2D eigenvalue weighted by Crippen LogP contribution is 2.34. The second-order valence-electron chi connectivity index (χ2n) is 5.58. The van der Waals surface area contributed by atoms with Crippen molar-refractivity contribution in [1.82, 2.24) is 4.72 Å². The molecule has 0 heterocycles. The van der Waals surface area contributed by atoms with Crippen molar-refractivity contribution in [3.05, 3.63) is 73.8 Å². The Hall–Kier alpha value is -2.85. The molecule has 2 aromatic carbocycles. The quantitative estimate of drug-likeness (QED) is 0.641. The fourth-order valence-corrected chi connectivity index (χ4v) is 4.32. The molecule has 0 amide bonds. The summed E-state index contributed by atoms with van der Waals surface area (Å²) in [6.45, 7) is 0. The zero-order valence-corrected chi connectivity index (χ0v) is 13.6. The molecule has 130 valence electrons. The van der Waals surface area contributed by atoms with Gasteiger partial charge in [-0.2, -0.15) is 0 Å². The third-order valence-corrected chi connectivity index (χ3v) is 5.59. The SMILES string of the molecule is O=[N+]([O-])c1ccc(S(=O)(=O)N[C@@H]2CCc3ccccc32)c([N+](=O)[O-])c1. The van der Waals surface area contributed by atoms with Crippen molar-refractivity contribution >= 4 is 21.4 Å². The standard InChI is InChI=1S/C15H13N3O6S/c19-17(20)11-6-8-15(14(9-11)18(21)22)25(23,24)16-13-7-5-10-3-1-2-4-12(10)13/h1-4,6,8-9,13,16H,5,7H2/t13-/m1/s1. The molecule has 10 heteroatoms. The lowest BCUT2D eigenvalue weighted by atomic mass is 10.1. The number of nitrogens with one attached hydrogen (secondary N) is 1. The summed E-state index contributed by atoms with van der Waals surface area (Å²) in [6, 6.07) is 9.34. The number of hydrogen-bond donors (Lipinski definition) is 1. The minimum atomic E-state index is -4.22. The first kappa shape index (κ1) is 17.0. The molecule has 9 nitrogen and oxygen atoms in total. The highest BCUT2D eigenvalue weighted by Gasteiger charge is 2.32. The van der Waals surface area contributed by atoms with Crippen LogP contribution in [-0.2, 0) is 16.4 Å². The van der Waals surface area contributed by atoms with E-state index in [0.29, 0.717) is 18.9 Å². The van der Waals surface area contributed by atoms with Crippen molar-refractivity contribution in [2.45, 2.75) is 23.8 Å². The Morgan fingerprint density at radius 2 is 1.76 bits per heavy atom. The Kier molecular flexibility index (Phi) is 4.23. The number of sulfonamides is 1. The fraction of sp³-hybridized carbons (Fsp3) is 0.200. The molecule has 0 unspecified atom stereocenters. The van der Waals surface area contributed by atoms with Crippen molar-refractivity contribution in [3.63, 3.8) is 0 Å². The molecule has 0 bridgehead atoms. The second kappa shape index (κ2) is 6.22. The van der Waals surface area contributed by atoms with Crippen LogP contribution in [0.15, 0.2) is 47.4 Å². The Balaban J connectivity index is 1.98. The van der Waals surface area contributed by atoms with Crippen LogP contribution in [-0.4, -0.2) is 18.3 Å². The Morgan fingerprint density at radius 1 is 1.04 bits per heavy atom. The summed E-state index contributed by atoms with van der Waals surface area (Å²) in [6.07, 6.45) is 1.24. The van der Waals surface area contributed by atoms with Gasteiger partial charge in [0, 0.05) is 12.1 Å². The predicted molar refractivity (Wildman–Crippen MR) is 87.6 cm³/mol. The van der Waals surface area contributed by atoms with Crippen LogP contribution in [0.1, 0.15) is 23.6 Å². The number of non-ortho nitro benzene ring substituents is 1. The van der Waals surface area contributed by atoms with Crippen LogP contribution in [0, 0.1) is 20.2 Å². The van der Waals surface area contributed by atoms with E-state index in [2.05, 4.69) is 4.72 Å². The summed E-state index contributed by atoms with van der Waals surface area (Å²) in [4.78, 5) is 19.6. The number of nitro benzene ring substituents is 2. The number of fused-ring (bicyclic) bond motifs is 1. The van der Waals surface area contributed by atoms with E-state index >= 15 is 0 Å². The van der Waals surface area contributed by atoms with Crippen molar-refractivity contribution < 1.29 is 18.3 Å². The van der Waals surface area contributed by atoms with Gasteiger partial charge in [-0.05, 0) is 30.0 Å². The van der Waals surface area contributed by atoms with Gasteiger partial charge in [0.15, 0.2) is 4.90 Å². The lowest BCUT2D eigenvalue weighted by Gasteiger charge is -2.14. The molecular formula is C15H13N3O6S. The van der Waals surface area contributed by atoms with Crippen LogP contribution in [0.5, 0.6) is 0 Å². The number of rotatable bonds is 5. The smallest absolute Gasteiger partial charge is 0.258 e. The van der Waals surface area contributed by atoms with Gasteiger partial charge in [0.1, 0.15) is 0 Å². The number of benzene rings is 2. The van der Waals surface area contributed by atoms with Crippen molar-refractivity contribution in [2.24, 2.45) is 0 Å². The molecule has 25 heavy (non-hydrogen) atoms. The Morgan fingerprint density at radius 3 is 2.44 bits per heavy atom. The van der Waals surface area contributed by atoms with Gasteiger partial charge in [-0.1, -0.05) is 24.3 Å². The summed E-state index contributed by atoms with van der Waals surface area (Å²) in [5, 5.41) is 21.9. The third kappa shape index (κ3) is 3.21. The zero-order chi connectivity index (χ0) is 18.2. The maximum atomic E-state index is 12.6. The minimum Gasteiger partial charge on any atom is -0.258 e.